The molecule has 1 aromatic rings. The summed E-state index contributed by atoms with van der Waals surface area (Å²) in [5.74, 6) is 1.24. The number of amides is 1. The number of hydrogen-bond donors (Lipinski definition) is 0. The average molecular weight is 357 g/mol. The van der Waals surface area contributed by atoms with Crippen LogP contribution in [-0.2, 0) is 10.2 Å². The minimum atomic E-state index is -0.306. The van der Waals surface area contributed by atoms with Crippen molar-refractivity contribution >= 4 is 5.91 Å². The van der Waals surface area contributed by atoms with Crippen LogP contribution in [-0.4, -0.2) is 55.0 Å². The summed E-state index contributed by atoms with van der Waals surface area (Å²) < 4.78 is 5.31. The van der Waals surface area contributed by atoms with E-state index in [1.54, 1.807) is 7.11 Å². The van der Waals surface area contributed by atoms with Gasteiger partial charge in [-0.1, -0.05) is 25.0 Å². The molecule has 4 heteroatoms. The van der Waals surface area contributed by atoms with Crippen LogP contribution in [0, 0.1) is 0 Å². The van der Waals surface area contributed by atoms with E-state index in [1.165, 1.54) is 37.9 Å². The number of likely N-dealkylation sites (tertiary alicyclic amines) is 2. The van der Waals surface area contributed by atoms with Crippen LogP contribution in [0.25, 0.3) is 0 Å². The molecule has 1 atom stereocenters. The number of ether oxygens (including phenoxy) is 1. The van der Waals surface area contributed by atoms with Crippen LogP contribution in [0.1, 0.15) is 56.9 Å². The summed E-state index contributed by atoms with van der Waals surface area (Å²) in [6.45, 7) is 4.30. The number of methoxy groups -OCH3 is 1. The van der Waals surface area contributed by atoms with Crippen molar-refractivity contribution in [1.82, 2.24) is 9.80 Å². The molecule has 3 aliphatic rings. The molecule has 0 spiro atoms. The number of carbonyl (C=O) groups excluding carboxylic acids is 1. The van der Waals surface area contributed by atoms with Gasteiger partial charge in [0.1, 0.15) is 5.75 Å². The Balaban J connectivity index is 1.54. The fourth-order valence-electron chi connectivity index (χ4n) is 5.36. The Kier molecular flexibility index (Phi) is 5.21. The molecule has 1 saturated carbocycles. The Labute approximate surface area is 157 Å². The lowest BCUT2D eigenvalue weighted by atomic mass is 9.77. The Hall–Kier alpha value is -1.55. The van der Waals surface area contributed by atoms with Gasteiger partial charge in [0.05, 0.1) is 12.5 Å². The van der Waals surface area contributed by atoms with Crippen molar-refractivity contribution in [3.63, 3.8) is 0 Å². The maximum atomic E-state index is 13.7. The van der Waals surface area contributed by atoms with Crippen molar-refractivity contribution in [3.8, 4) is 5.75 Å². The van der Waals surface area contributed by atoms with E-state index in [0.29, 0.717) is 11.9 Å². The van der Waals surface area contributed by atoms with Gasteiger partial charge in [0.25, 0.3) is 0 Å². The third-order valence-electron chi connectivity index (χ3n) is 6.85. The maximum Gasteiger partial charge on any atom is 0.233 e. The molecule has 142 valence electrons. The largest absolute Gasteiger partial charge is 0.497 e. The first-order valence-electron chi connectivity index (χ1n) is 10.4. The summed E-state index contributed by atoms with van der Waals surface area (Å²) in [5, 5.41) is 0. The highest BCUT2D eigenvalue weighted by molar-refractivity contribution is 5.89. The van der Waals surface area contributed by atoms with Crippen LogP contribution >= 0.6 is 0 Å². The van der Waals surface area contributed by atoms with Crippen LogP contribution in [0.4, 0.5) is 0 Å². The van der Waals surface area contributed by atoms with Gasteiger partial charge in [-0.2, -0.15) is 0 Å². The quantitative estimate of drug-likeness (QED) is 0.826. The van der Waals surface area contributed by atoms with E-state index in [0.717, 1.165) is 50.9 Å². The van der Waals surface area contributed by atoms with Gasteiger partial charge in [-0.25, -0.2) is 0 Å². The van der Waals surface area contributed by atoms with Gasteiger partial charge in [0.15, 0.2) is 0 Å². The van der Waals surface area contributed by atoms with Crippen molar-refractivity contribution in [2.24, 2.45) is 0 Å². The summed E-state index contributed by atoms with van der Waals surface area (Å²) >= 11 is 0. The van der Waals surface area contributed by atoms with E-state index in [2.05, 4.69) is 21.9 Å². The lowest BCUT2D eigenvalue weighted by Crippen LogP contribution is -2.53. The molecule has 0 N–H and O–H groups in total. The van der Waals surface area contributed by atoms with E-state index in [4.69, 9.17) is 4.74 Å². The number of piperidine rings is 1. The van der Waals surface area contributed by atoms with Crippen LogP contribution in [0.3, 0.4) is 0 Å². The van der Waals surface area contributed by atoms with E-state index < -0.39 is 0 Å². The molecule has 2 aliphatic heterocycles. The Morgan fingerprint density at radius 2 is 1.69 bits per heavy atom. The first-order valence-corrected chi connectivity index (χ1v) is 10.4. The molecule has 1 unspecified atom stereocenters. The molecule has 2 saturated heterocycles. The summed E-state index contributed by atoms with van der Waals surface area (Å²) in [4.78, 5) is 18.5. The van der Waals surface area contributed by atoms with Crippen LogP contribution in [0.15, 0.2) is 24.3 Å². The molecule has 4 nitrogen and oxygen atoms in total. The molecular formula is C22H32N2O2. The minimum Gasteiger partial charge on any atom is -0.497 e. The molecule has 1 aromatic carbocycles. The first-order chi connectivity index (χ1) is 12.7. The van der Waals surface area contributed by atoms with Gasteiger partial charge < -0.3 is 9.64 Å². The lowest BCUT2D eigenvalue weighted by Gasteiger charge is -2.42. The standard InChI is InChI=1S/C22H32N2O2/c1-26-20-10-8-18(9-11-20)22(12-2-3-13-22)21(25)24-16-6-7-19(17-24)23-14-4-5-15-23/h8-11,19H,2-7,12-17H2,1H3. The molecule has 1 aliphatic carbocycles. The zero-order valence-corrected chi connectivity index (χ0v) is 16.1. The minimum absolute atomic E-state index is 0.306. The molecule has 1 amide bonds. The second-order valence-corrected chi connectivity index (χ2v) is 8.31. The highest BCUT2D eigenvalue weighted by Gasteiger charge is 2.46. The molecule has 0 aromatic heterocycles. The highest BCUT2D eigenvalue weighted by atomic mass is 16.5. The van der Waals surface area contributed by atoms with Crippen molar-refractivity contribution in [3.05, 3.63) is 29.8 Å². The second-order valence-electron chi connectivity index (χ2n) is 8.31. The molecule has 0 bridgehead atoms. The third-order valence-corrected chi connectivity index (χ3v) is 6.85. The second kappa shape index (κ2) is 7.59. The van der Waals surface area contributed by atoms with Crippen LogP contribution in [0.2, 0.25) is 0 Å². The van der Waals surface area contributed by atoms with E-state index in [-0.39, 0.29) is 5.41 Å². The van der Waals surface area contributed by atoms with E-state index in [9.17, 15) is 4.79 Å². The predicted molar refractivity (Wildman–Crippen MR) is 104 cm³/mol. The maximum absolute atomic E-state index is 13.7. The van der Waals surface area contributed by atoms with Crippen molar-refractivity contribution < 1.29 is 9.53 Å². The third kappa shape index (κ3) is 3.24. The average Bonchev–Trinajstić information content (AvgIpc) is 3.40. The zero-order valence-electron chi connectivity index (χ0n) is 16.1. The Morgan fingerprint density at radius 1 is 1.00 bits per heavy atom. The number of hydrogen-bond acceptors (Lipinski definition) is 3. The van der Waals surface area contributed by atoms with E-state index >= 15 is 0 Å². The Morgan fingerprint density at radius 3 is 2.35 bits per heavy atom. The topological polar surface area (TPSA) is 32.8 Å². The predicted octanol–water partition coefficient (Wildman–Crippen LogP) is 3.59. The van der Waals surface area contributed by atoms with Gasteiger partial charge in [-0.3, -0.25) is 9.69 Å². The molecule has 4 rings (SSSR count). The van der Waals surface area contributed by atoms with Gasteiger partial charge >= 0.3 is 0 Å². The van der Waals surface area contributed by atoms with E-state index in [1.807, 2.05) is 12.1 Å². The molecular weight excluding hydrogens is 324 g/mol. The number of benzene rings is 1. The fourth-order valence-corrected chi connectivity index (χ4v) is 5.36. The summed E-state index contributed by atoms with van der Waals surface area (Å²) in [6, 6.07) is 8.82. The Bertz CT molecular complexity index is 616. The lowest BCUT2D eigenvalue weighted by molar-refractivity contribution is -0.139. The number of nitrogens with zero attached hydrogens (tertiary/aromatic N) is 2. The highest BCUT2D eigenvalue weighted by Crippen LogP contribution is 2.43. The monoisotopic (exact) mass is 356 g/mol. The van der Waals surface area contributed by atoms with Crippen molar-refractivity contribution in [2.75, 3.05) is 33.3 Å². The smallest absolute Gasteiger partial charge is 0.233 e. The summed E-state index contributed by atoms with van der Waals surface area (Å²) in [6.07, 6.45) is 9.32. The zero-order chi connectivity index (χ0) is 18.0. The molecule has 26 heavy (non-hydrogen) atoms. The van der Waals surface area contributed by atoms with Gasteiger partial charge in [-0.15, -0.1) is 0 Å². The van der Waals surface area contributed by atoms with Gasteiger partial charge in [0, 0.05) is 19.1 Å². The first kappa shape index (κ1) is 17.8. The van der Waals surface area contributed by atoms with Crippen molar-refractivity contribution in [2.45, 2.75) is 62.8 Å². The van der Waals surface area contributed by atoms with Gasteiger partial charge in [-0.05, 0) is 69.3 Å². The van der Waals surface area contributed by atoms with Gasteiger partial charge in [0.2, 0.25) is 5.91 Å². The molecule has 2 heterocycles. The number of rotatable bonds is 4. The summed E-state index contributed by atoms with van der Waals surface area (Å²) in [7, 11) is 1.69. The summed E-state index contributed by atoms with van der Waals surface area (Å²) in [5.41, 5.74) is 0.878. The molecule has 0 radical (unpaired) electrons. The molecule has 3 fully saturated rings. The van der Waals surface area contributed by atoms with Crippen LogP contribution in [0.5, 0.6) is 5.75 Å². The SMILES string of the molecule is COc1ccc(C2(C(=O)N3CCCC(N4CCCC4)C3)CCCC2)cc1. The fraction of sp³-hybridized carbons (Fsp3) is 0.682. The van der Waals surface area contributed by atoms with Crippen LogP contribution < -0.4 is 4.74 Å². The van der Waals surface area contributed by atoms with Crippen molar-refractivity contribution in [1.29, 1.82) is 0 Å². The normalized spacial score (nSPS) is 26.2. The number of carbonyl (C=O) groups is 1.